The Morgan fingerprint density at radius 3 is 2.76 bits per heavy atom. The van der Waals surface area contributed by atoms with Crippen molar-refractivity contribution in [2.24, 2.45) is 4.99 Å². The van der Waals surface area contributed by atoms with Gasteiger partial charge in [-0.05, 0) is 55.7 Å². The Bertz CT molecular complexity index is 1060. The molecule has 8 heteroatoms. The SMILES string of the molecule is CCNC(=NCCCN1C(=O)COc2ccccc21)NCCc1ccc(-n2cccn2)cc1. The largest absolute Gasteiger partial charge is 0.482 e. The van der Waals surface area contributed by atoms with Gasteiger partial charge in [-0.25, -0.2) is 4.68 Å². The lowest BCUT2D eigenvalue weighted by molar-refractivity contribution is -0.121. The van der Waals surface area contributed by atoms with Crippen molar-refractivity contribution in [1.82, 2.24) is 20.4 Å². The summed E-state index contributed by atoms with van der Waals surface area (Å²) in [5, 5.41) is 10.9. The number of nitrogens with zero attached hydrogens (tertiary/aromatic N) is 4. The maximum Gasteiger partial charge on any atom is 0.265 e. The number of hydrogen-bond donors (Lipinski definition) is 2. The van der Waals surface area contributed by atoms with E-state index in [9.17, 15) is 4.79 Å². The molecule has 172 valence electrons. The van der Waals surface area contributed by atoms with Crippen molar-refractivity contribution < 1.29 is 9.53 Å². The highest BCUT2D eigenvalue weighted by molar-refractivity contribution is 5.97. The molecule has 0 atom stereocenters. The predicted molar refractivity (Wildman–Crippen MR) is 130 cm³/mol. The lowest BCUT2D eigenvalue weighted by atomic mass is 10.1. The maximum absolute atomic E-state index is 12.3. The molecule has 0 unspecified atom stereocenters. The van der Waals surface area contributed by atoms with Crippen LogP contribution in [-0.4, -0.2) is 54.4 Å². The van der Waals surface area contributed by atoms with Crippen molar-refractivity contribution in [3.05, 3.63) is 72.6 Å². The average Bonchev–Trinajstić information content (AvgIpc) is 3.38. The topological polar surface area (TPSA) is 83.8 Å². The van der Waals surface area contributed by atoms with Crippen molar-refractivity contribution in [1.29, 1.82) is 0 Å². The number of aromatic nitrogens is 2. The lowest BCUT2D eigenvalue weighted by Gasteiger charge is -2.29. The summed E-state index contributed by atoms with van der Waals surface area (Å²) in [5.74, 6) is 1.54. The Hall–Kier alpha value is -3.81. The van der Waals surface area contributed by atoms with Gasteiger partial charge in [0.15, 0.2) is 12.6 Å². The number of amides is 1. The molecule has 0 saturated heterocycles. The first-order chi connectivity index (χ1) is 16.2. The number of guanidine groups is 1. The highest BCUT2D eigenvalue weighted by Crippen LogP contribution is 2.31. The lowest BCUT2D eigenvalue weighted by Crippen LogP contribution is -2.40. The average molecular weight is 447 g/mol. The number of hydrogen-bond acceptors (Lipinski definition) is 4. The first kappa shape index (κ1) is 22.4. The molecule has 0 aliphatic carbocycles. The normalized spacial score (nSPS) is 13.4. The van der Waals surface area contributed by atoms with Crippen LogP contribution in [-0.2, 0) is 11.2 Å². The second kappa shape index (κ2) is 11.2. The van der Waals surface area contributed by atoms with E-state index >= 15 is 0 Å². The van der Waals surface area contributed by atoms with Crippen molar-refractivity contribution >= 4 is 17.6 Å². The number of para-hydroxylation sites is 2. The molecule has 1 aliphatic heterocycles. The number of rotatable bonds is 9. The number of benzene rings is 2. The molecule has 8 nitrogen and oxygen atoms in total. The zero-order valence-corrected chi connectivity index (χ0v) is 18.9. The highest BCUT2D eigenvalue weighted by Gasteiger charge is 2.24. The standard InChI is InChI=1S/C25H30N6O2/c1-2-26-25(28-16-13-20-9-11-21(12-10-20)31-18-6-15-29-31)27-14-5-17-30-22-7-3-4-8-23(22)33-19-24(30)32/h3-4,6-12,15,18H,2,5,13-14,16-17,19H2,1H3,(H2,26,27,28). The van der Waals surface area contributed by atoms with Gasteiger partial charge < -0.3 is 20.3 Å². The number of anilines is 1. The molecule has 2 heterocycles. The van der Waals surface area contributed by atoms with Gasteiger partial charge in [0.05, 0.1) is 11.4 Å². The smallest absolute Gasteiger partial charge is 0.265 e. The Morgan fingerprint density at radius 2 is 1.97 bits per heavy atom. The van der Waals surface area contributed by atoms with E-state index < -0.39 is 0 Å². The third-order valence-electron chi connectivity index (χ3n) is 5.37. The molecule has 1 aliphatic rings. The van der Waals surface area contributed by atoms with Crippen LogP contribution in [0.1, 0.15) is 18.9 Å². The molecule has 3 aromatic rings. The molecule has 0 spiro atoms. The van der Waals surface area contributed by atoms with Gasteiger partial charge >= 0.3 is 0 Å². The van der Waals surface area contributed by atoms with Crippen LogP contribution in [0.4, 0.5) is 5.69 Å². The molecular formula is C25H30N6O2. The van der Waals surface area contributed by atoms with Gasteiger partial charge in [0, 0.05) is 38.6 Å². The van der Waals surface area contributed by atoms with E-state index in [1.807, 2.05) is 41.2 Å². The van der Waals surface area contributed by atoms with Gasteiger partial charge in [-0.1, -0.05) is 24.3 Å². The van der Waals surface area contributed by atoms with Gasteiger partial charge in [0.2, 0.25) is 0 Å². The molecule has 0 fully saturated rings. The van der Waals surface area contributed by atoms with E-state index in [0.29, 0.717) is 13.1 Å². The Balaban J connectivity index is 1.24. The summed E-state index contributed by atoms with van der Waals surface area (Å²) in [5.41, 5.74) is 3.13. The Morgan fingerprint density at radius 1 is 1.12 bits per heavy atom. The van der Waals surface area contributed by atoms with Crippen LogP contribution in [0.15, 0.2) is 72.0 Å². The van der Waals surface area contributed by atoms with Crippen molar-refractivity contribution in [2.75, 3.05) is 37.7 Å². The van der Waals surface area contributed by atoms with Crippen LogP contribution in [0.3, 0.4) is 0 Å². The van der Waals surface area contributed by atoms with Gasteiger partial charge in [0.25, 0.3) is 5.91 Å². The fourth-order valence-corrected chi connectivity index (χ4v) is 3.72. The molecule has 2 aromatic carbocycles. The summed E-state index contributed by atoms with van der Waals surface area (Å²) in [6.45, 7) is 4.95. The molecule has 33 heavy (non-hydrogen) atoms. The van der Waals surface area contributed by atoms with Gasteiger partial charge in [0.1, 0.15) is 5.75 Å². The molecule has 0 bridgehead atoms. The van der Waals surface area contributed by atoms with E-state index in [4.69, 9.17) is 4.74 Å². The zero-order valence-electron chi connectivity index (χ0n) is 18.9. The van der Waals surface area contributed by atoms with Gasteiger partial charge in [-0.2, -0.15) is 5.10 Å². The number of carbonyl (C=O) groups is 1. The Kier molecular flexibility index (Phi) is 7.58. The van der Waals surface area contributed by atoms with Crippen molar-refractivity contribution in [2.45, 2.75) is 19.8 Å². The number of carbonyl (C=O) groups excluding carboxylic acids is 1. The minimum Gasteiger partial charge on any atom is -0.482 e. The van der Waals surface area contributed by atoms with E-state index in [1.54, 1.807) is 11.1 Å². The van der Waals surface area contributed by atoms with Gasteiger partial charge in [-0.3, -0.25) is 9.79 Å². The number of fused-ring (bicyclic) bond motifs is 1. The number of ether oxygens (including phenoxy) is 1. The Labute approximate surface area is 194 Å². The molecule has 1 amide bonds. The van der Waals surface area contributed by atoms with Crippen LogP contribution in [0.25, 0.3) is 5.69 Å². The molecule has 1 aromatic heterocycles. The van der Waals surface area contributed by atoms with Crippen LogP contribution >= 0.6 is 0 Å². The summed E-state index contributed by atoms with van der Waals surface area (Å²) < 4.78 is 7.35. The minimum atomic E-state index is -0.0127. The second-order valence-corrected chi connectivity index (χ2v) is 7.71. The van der Waals surface area contributed by atoms with E-state index in [2.05, 4.69) is 51.9 Å². The van der Waals surface area contributed by atoms with E-state index in [1.165, 1.54) is 5.56 Å². The quantitative estimate of drug-likeness (QED) is 0.300. The van der Waals surface area contributed by atoms with Crippen LogP contribution in [0.5, 0.6) is 5.75 Å². The molecular weight excluding hydrogens is 416 g/mol. The first-order valence-corrected chi connectivity index (χ1v) is 11.4. The second-order valence-electron chi connectivity index (χ2n) is 7.71. The van der Waals surface area contributed by atoms with Crippen LogP contribution in [0, 0.1) is 0 Å². The van der Waals surface area contributed by atoms with E-state index in [-0.39, 0.29) is 12.5 Å². The predicted octanol–water partition coefficient (Wildman–Crippen LogP) is 2.79. The van der Waals surface area contributed by atoms with E-state index in [0.717, 1.165) is 49.0 Å². The monoisotopic (exact) mass is 446 g/mol. The molecule has 2 N–H and O–H groups in total. The van der Waals surface area contributed by atoms with Crippen molar-refractivity contribution in [3.8, 4) is 11.4 Å². The summed E-state index contributed by atoms with van der Waals surface area (Å²) >= 11 is 0. The molecule has 0 radical (unpaired) electrons. The number of nitrogens with one attached hydrogen (secondary N) is 2. The van der Waals surface area contributed by atoms with Crippen LogP contribution < -0.4 is 20.3 Å². The maximum atomic E-state index is 12.3. The summed E-state index contributed by atoms with van der Waals surface area (Å²) in [4.78, 5) is 18.8. The van der Waals surface area contributed by atoms with Crippen LogP contribution in [0.2, 0.25) is 0 Å². The molecule has 0 saturated carbocycles. The summed E-state index contributed by atoms with van der Waals surface area (Å²) in [6, 6.07) is 18.0. The summed E-state index contributed by atoms with van der Waals surface area (Å²) in [7, 11) is 0. The van der Waals surface area contributed by atoms with Gasteiger partial charge in [-0.15, -0.1) is 0 Å². The zero-order chi connectivity index (χ0) is 22.9. The third-order valence-corrected chi connectivity index (χ3v) is 5.37. The minimum absolute atomic E-state index is 0.0127. The summed E-state index contributed by atoms with van der Waals surface area (Å²) in [6.07, 6.45) is 5.37. The number of aliphatic imine (C=N–C) groups is 1. The molecule has 4 rings (SSSR count). The highest BCUT2D eigenvalue weighted by atomic mass is 16.5. The first-order valence-electron chi connectivity index (χ1n) is 11.4. The fourth-order valence-electron chi connectivity index (χ4n) is 3.72. The fraction of sp³-hybridized carbons (Fsp3) is 0.320. The third kappa shape index (κ3) is 5.91. The van der Waals surface area contributed by atoms with Crippen molar-refractivity contribution in [3.63, 3.8) is 0 Å².